The van der Waals surface area contributed by atoms with Gasteiger partial charge in [-0.1, -0.05) is 115 Å². The van der Waals surface area contributed by atoms with Crippen molar-refractivity contribution in [1.29, 1.82) is 0 Å². The minimum atomic E-state index is 0.867. The Morgan fingerprint density at radius 3 is 2.20 bits per heavy atom. The maximum Gasteiger partial charge on any atom is 0.0538 e. The maximum atomic E-state index is 6.95. The van der Waals surface area contributed by atoms with Gasteiger partial charge in [-0.15, -0.1) is 11.8 Å². The van der Waals surface area contributed by atoms with E-state index in [0.29, 0.717) is 0 Å². The number of nitrogen functional groups attached to an aromatic ring is 1. The molecule has 0 bridgehead atoms. The van der Waals surface area contributed by atoms with Gasteiger partial charge in [-0.25, -0.2) is 0 Å². The highest BCUT2D eigenvalue weighted by Gasteiger charge is 2.28. The molecule has 2 aliphatic rings. The summed E-state index contributed by atoms with van der Waals surface area (Å²) < 4.78 is 0. The zero-order chi connectivity index (χ0) is 30.4. The third-order valence-electron chi connectivity index (χ3n) is 10.1. The van der Waals surface area contributed by atoms with E-state index in [2.05, 4.69) is 140 Å². The lowest BCUT2D eigenvalue weighted by atomic mass is 9.93. The minimum Gasteiger partial charge on any atom is -0.397 e. The van der Waals surface area contributed by atoms with Gasteiger partial charge in [-0.2, -0.15) is 0 Å². The topological polar surface area (TPSA) is 26.0 Å². The normalized spacial score (nSPS) is 12.5. The summed E-state index contributed by atoms with van der Waals surface area (Å²) in [6, 6.07) is 51.5. The summed E-state index contributed by atoms with van der Waals surface area (Å²) in [4.78, 5) is 1.13. The molecule has 2 N–H and O–H groups in total. The SMILES string of the molecule is Nc1c(SCc2ccccc2)ccc2ccc3ccc(-c4ccc5c(c4)-c4cccc6c7c(cc-5c46)-c4ccccc4C7)cc3c12. The van der Waals surface area contributed by atoms with Crippen molar-refractivity contribution < 1.29 is 0 Å². The molecule has 216 valence electrons. The first-order valence-electron chi connectivity index (χ1n) is 15.9. The quantitative estimate of drug-likeness (QED) is 0.123. The second-order valence-electron chi connectivity index (χ2n) is 12.6. The fourth-order valence-electron chi connectivity index (χ4n) is 7.91. The summed E-state index contributed by atoms with van der Waals surface area (Å²) in [5, 5.41) is 7.53. The standard InChI is InChI=1S/C44H29NS/c45-44-41(46-25-26-7-2-1-3-8-26)20-18-28-15-13-27-14-16-29(21-36(27)42(28)44)30-17-19-33-37(22-30)34-11-6-12-35-38-23-31-9-4-5-10-32(31)39(38)24-40(33)43(34)35/h1-22,24H,23,25,45H2. The van der Waals surface area contributed by atoms with Crippen molar-refractivity contribution in [2.45, 2.75) is 17.1 Å². The van der Waals surface area contributed by atoms with Gasteiger partial charge in [0.05, 0.1) is 5.69 Å². The molecule has 0 saturated heterocycles. The third-order valence-corrected chi connectivity index (χ3v) is 11.3. The minimum absolute atomic E-state index is 0.867. The van der Waals surface area contributed by atoms with Crippen LogP contribution < -0.4 is 5.73 Å². The molecule has 0 amide bonds. The molecule has 2 heteroatoms. The third kappa shape index (κ3) is 3.77. The fraction of sp³-hybridized carbons (Fsp3) is 0.0455. The van der Waals surface area contributed by atoms with E-state index in [9.17, 15) is 0 Å². The molecular formula is C44H29NS. The molecule has 0 aliphatic heterocycles. The summed E-state index contributed by atoms with van der Waals surface area (Å²) >= 11 is 1.81. The Balaban J connectivity index is 1.09. The summed E-state index contributed by atoms with van der Waals surface area (Å²) in [5.74, 6) is 0.895. The van der Waals surface area contributed by atoms with Gasteiger partial charge in [0.25, 0.3) is 0 Å². The Labute approximate surface area is 272 Å². The van der Waals surface area contributed by atoms with Crippen LogP contribution in [0.5, 0.6) is 0 Å². The summed E-state index contributed by atoms with van der Waals surface area (Å²) in [7, 11) is 0. The Hall–Kier alpha value is -5.31. The highest BCUT2D eigenvalue weighted by molar-refractivity contribution is 7.98. The number of hydrogen-bond acceptors (Lipinski definition) is 2. The van der Waals surface area contributed by atoms with E-state index >= 15 is 0 Å². The molecule has 10 rings (SSSR count). The second kappa shape index (κ2) is 9.84. The van der Waals surface area contributed by atoms with Crippen molar-refractivity contribution in [3.63, 3.8) is 0 Å². The van der Waals surface area contributed by atoms with E-state index in [1.165, 1.54) is 88.1 Å². The number of benzene rings is 8. The lowest BCUT2D eigenvalue weighted by molar-refractivity contribution is 1.28. The number of fused-ring (bicyclic) bond motifs is 10. The molecule has 46 heavy (non-hydrogen) atoms. The van der Waals surface area contributed by atoms with E-state index in [1.54, 1.807) is 0 Å². The van der Waals surface area contributed by atoms with Crippen LogP contribution in [-0.2, 0) is 12.2 Å². The van der Waals surface area contributed by atoms with Gasteiger partial charge in [0.2, 0.25) is 0 Å². The van der Waals surface area contributed by atoms with Crippen molar-refractivity contribution in [1.82, 2.24) is 0 Å². The van der Waals surface area contributed by atoms with Gasteiger partial charge >= 0.3 is 0 Å². The molecule has 0 heterocycles. The highest BCUT2D eigenvalue weighted by atomic mass is 32.2. The average Bonchev–Trinajstić information content (AvgIpc) is 3.64. The van der Waals surface area contributed by atoms with Crippen molar-refractivity contribution in [3.05, 3.63) is 156 Å². The van der Waals surface area contributed by atoms with Crippen molar-refractivity contribution >= 4 is 49.8 Å². The molecule has 8 aromatic carbocycles. The predicted octanol–water partition coefficient (Wildman–Crippen LogP) is 11.9. The zero-order valence-electron chi connectivity index (χ0n) is 25.2. The predicted molar refractivity (Wildman–Crippen MR) is 197 cm³/mol. The first-order chi connectivity index (χ1) is 22.7. The Morgan fingerprint density at radius 2 is 1.26 bits per heavy atom. The largest absolute Gasteiger partial charge is 0.397 e. The van der Waals surface area contributed by atoms with Crippen molar-refractivity contribution in [2.24, 2.45) is 0 Å². The smallest absolute Gasteiger partial charge is 0.0538 e. The first-order valence-corrected chi connectivity index (χ1v) is 16.9. The van der Waals surface area contributed by atoms with Gasteiger partial charge in [-0.3, -0.25) is 0 Å². The van der Waals surface area contributed by atoms with Crippen LogP contribution in [0, 0.1) is 0 Å². The van der Waals surface area contributed by atoms with E-state index in [4.69, 9.17) is 5.73 Å². The molecule has 0 atom stereocenters. The molecule has 8 aromatic rings. The number of anilines is 1. The van der Waals surface area contributed by atoms with E-state index in [1.807, 2.05) is 11.8 Å². The monoisotopic (exact) mass is 603 g/mol. The highest BCUT2D eigenvalue weighted by Crippen LogP contribution is 2.53. The van der Waals surface area contributed by atoms with Crippen LogP contribution in [0.15, 0.2) is 144 Å². The van der Waals surface area contributed by atoms with E-state index < -0.39 is 0 Å². The van der Waals surface area contributed by atoms with Gasteiger partial charge in [0.1, 0.15) is 0 Å². The van der Waals surface area contributed by atoms with Crippen LogP contribution in [-0.4, -0.2) is 0 Å². The van der Waals surface area contributed by atoms with Gasteiger partial charge in [0, 0.05) is 16.0 Å². The molecule has 2 aliphatic carbocycles. The first kappa shape index (κ1) is 26.0. The summed E-state index contributed by atoms with van der Waals surface area (Å²) in [6.07, 6.45) is 1.01. The van der Waals surface area contributed by atoms with Crippen molar-refractivity contribution in [3.8, 4) is 44.5 Å². The van der Waals surface area contributed by atoms with E-state index in [-0.39, 0.29) is 0 Å². The average molecular weight is 604 g/mol. The molecule has 0 aromatic heterocycles. The Bertz CT molecular complexity index is 2560. The molecule has 0 spiro atoms. The van der Waals surface area contributed by atoms with Crippen LogP contribution in [0.4, 0.5) is 5.69 Å². The van der Waals surface area contributed by atoms with Crippen molar-refractivity contribution in [2.75, 3.05) is 5.73 Å². The molecule has 1 nitrogen and oxygen atoms in total. The summed E-state index contributed by atoms with van der Waals surface area (Å²) in [5.41, 5.74) is 22.6. The second-order valence-corrected chi connectivity index (χ2v) is 13.6. The summed E-state index contributed by atoms with van der Waals surface area (Å²) in [6.45, 7) is 0. The number of hydrogen-bond donors (Lipinski definition) is 1. The zero-order valence-corrected chi connectivity index (χ0v) is 26.0. The van der Waals surface area contributed by atoms with Gasteiger partial charge in [-0.05, 0) is 119 Å². The molecular weight excluding hydrogens is 575 g/mol. The van der Waals surface area contributed by atoms with Gasteiger partial charge < -0.3 is 5.73 Å². The number of nitrogens with two attached hydrogens (primary N) is 1. The van der Waals surface area contributed by atoms with Gasteiger partial charge in [0.15, 0.2) is 0 Å². The molecule has 0 fully saturated rings. The molecule has 0 saturated carbocycles. The Kier molecular flexibility index (Phi) is 5.56. The van der Waals surface area contributed by atoms with Crippen LogP contribution in [0.25, 0.3) is 76.8 Å². The molecule has 0 radical (unpaired) electrons. The lowest BCUT2D eigenvalue weighted by Gasteiger charge is -2.13. The molecule has 0 unspecified atom stereocenters. The van der Waals surface area contributed by atoms with Crippen LogP contribution >= 0.6 is 11.8 Å². The maximum absolute atomic E-state index is 6.95. The number of rotatable bonds is 4. The van der Waals surface area contributed by atoms with Crippen LogP contribution in [0.1, 0.15) is 16.7 Å². The lowest BCUT2D eigenvalue weighted by Crippen LogP contribution is -1.93. The van der Waals surface area contributed by atoms with Crippen LogP contribution in [0.3, 0.4) is 0 Å². The fourth-order valence-corrected chi connectivity index (χ4v) is 8.85. The van der Waals surface area contributed by atoms with E-state index in [0.717, 1.165) is 28.1 Å². The van der Waals surface area contributed by atoms with Crippen LogP contribution in [0.2, 0.25) is 0 Å². The Morgan fingerprint density at radius 1 is 0.500 bits per heavy atom. The number of thioether (sulfide) groups is 1.